The highest BCUT2D eigenvalue weighted by molar-refractivity contribution is 5.44. The molecule has 15 heavy (non-hydrogen) atoms. The molecule has 0 aromatic carbocycles. The Hall–Kier alpha value is -1.13. The van der Waals surface area contributed by atoms with E-state index in [2.05, 4.69) is 4.98 Å². The van der Waals surface area contributed by atoms with Crippen LogP contribution in [0.25, 0.3) is 0 Å². The molecule has 1 aromatic rings. The maximum atomic E-state index is 9.30. The van der Waals surface area contributed by atoms with E-state index in [1.807, 2.05) is 17.9 Å². The van der Waals surface area contributed by atoms with Crippen LogP contribution in [0.15, 0.2) is 18.3 Å². The van der Waals surface area contributed by atoms with Gasteiger partial charge in [0.1, 0.15) is 0 Å². The van der Waals surface area contributed by atoms with Crippen LogP contribution in [0.4, 0.5) is 5.69 Å². The van der Waals surface area contributed by atoms with E-state index in [4.69, 9.17) is 5.11 Å². The highest BCUT2D eigenvalue weighted by atomic mass is 16.3. The molecule has 0 aliphatic heterocycles. The molecule has 2 N–H and O–H groups in total. The molecule has 4 heteroatoms. The number of rotatable bonds is 5. The lowest BCUT2D eigenvalue weighted by Crippen LogP contribution is -2.26. The van der Waals surface area contributed by atoms with Crippen molar-refractivity contribution in [2.24, 2.45) is 0 Å². The van der Waals surface area contributed by atoms with Gasteiger partial charge in [-0.05, 0) is 26.0 Å². The summed E-state index contributed by atoms with van der Waals surface area (Å²) >= 11 is 0. The lowest BCUT2D eigenvalue weighted by atomic mass is 10.2. The second-order valence-corrected chi connectivity index (χ2v) is 3.42. The van der Waals surface area contributed by atoms with Crippen molar-refractivity contribution < 1.29 is 10.2 Å². The van der Waals surface area contributed by atoms with Crippen molar-refractivity contribution in [2.75, 3.05) is 24.6 Å². The summed E-state index contributed by atoms with van der Waals surface area (Å²) in [4.78, 5) is 6.18. The second kappa shape index (κ2) is 5.68. The summed E-state index contributed by atoms with van der Waals surface area (Å²) in [6, 6.07) is 3.72. The molecule has 0 unspecified atom stereocenters. The minimum atomic E-state index is -0.535. The molecule has 1 aromatic heterocycles. The first kappa shape index (κ1) is 11.9. The summed E-state index contributed by atoms with van der Waals surface area (Å²) in [7, 11) is 0. The average Bonchev–Trinajstić information content (AvgIpc) is 2.26. The summed E-state index contributed by atoms with van der Waals surface area (Å²) < 4.78 is 0. The zero-order chi connectivity index (χ0) is 11.3. The van der Waals surface area contributed by atoms with Crippen LogP contribution in [-0.4, -0.2) is 34.9 Å². The van der Waals surface area contributed by atoms with Crippen molar-refractivity contribution in [3.05, 3.63) is 24.0 Å². The summed E-state index contributed by atoms with van der Waals surface area (Å²) in [5, 5.41) is 18.2. The minimum absolute atomic E-state index is 0.131. The van der Waals surface area contributed by atoms with E-state index in [0.717, 1.165) is 12.2 Å². The van der Waals surface area contributed by atoms with Gasteiger partial charge in [0.25, 0.3) is 0 Å². The zero-order valence-corrected chi connectivity index (χ0v) is 9.22. The topological polar surface area (TPSA) is 56.6 Å². The molecule has 0 bridgehead atoms. The van der Waals surface area contributed by atoms with Gasteiger partial charge in [0, 0.05) is 13.1 Å². The third kappa shape index (κ3) is 3.18. The lowest BCUT2D eigenvalue weighted by Gasteiger charge is -2.21. The molecule has 4 nitrogen and oxygen atoms in total. The fourth-order valence-corrected chi connectivity index (χ4v) is 1.42. The molecule has 0 aliphatic rings. The second-order valence-electron chi connectivity index (χ2n) is 3.42. The van der Waals surface area contributed by atoms with Gasteiger partial charge in [-0.2, -0.15) is 0 Å². The smallest absolute Gasteiger partial charge is 0.0931 e. The molecule has 0 radical (unpaired) electrons. The van der Waals surface area contributed by atoms with E-state index < -0.39 is 6.10 Å². The molecule has 0 spiro atoms. The summed E-state index contributed by atoms with van der Waals surface area (Å²) in [6.45, 7) is 5.28. The predicted octanol–water partition coefficient (Wildman–Crippen LogP) is 0.954. The predicted molar refractivity (Wildman–Crippen MR) is 59.8 cm³/mol. The maximum Gasteiger partial charge on any atom is 0.0931 e. The van der Waals surface area contributed by atoms with E-state index in [-0.39, 0.29) is 6.61 Å². The molecule has 0 saturated heterocycles. The van der Waals surface area contributed by atoms with Crippen molar-refractivity contribution in [1.82, 2.24) is 4.98 Å². The number of aliphatic hydroxyl groups excluding tert-OH is 2. The molecule has 0 fully saturated rings. The van der Waals surface area contributed by atoms with E-state index in [1.54, 1.807) is 19.2 Å². The zero-order valence-electron chi connectivity index (χ0n) is 9.22. The molecule has 84 valence electrons. The normalized spacial score (nSPS) is 12.5. The van der Waals surface area contributed by atoms with Gasteiger partial charge < -0.3 is 15.1 Å². The third-order valence-electron chi connectivity index (χ3n) is 2.32. The van der Waals surface area contributed by atoms with Crippen LogP contribution in [0.3, 0.4) is 0 Å². The molecule has 1 rings (SSSR count). The molecule has 1 heterocycles. The number of likely N-dealkylation sites (N-methyl/N-ethyl adjacent to an activating group) is 1. The van der Waals surface area contributed by atoms with E-state index >= 15 is 0 Å². The lowest BCUT2D eigenvalue weighted by molar-refractivity contribution is 0.194. The Morgan fingerprint density at radius 3 is 2.60 bits per heavy atom. The first-order valence-corrected chi connectivity index (χ1v) is 5.18. The SMILES string of the molecule is CCN(CCO)c1ccc([C@@H](C)O)nc1. The maximum absolute atomic E-state index is 9.30. The first-order chi connectivity index (χ1) is 7.19. The molecule has 0 saturated carbocycles. The molecular weight excluding hydrogens is 192 g/mol. The largest absolute Gasteiger partial charge is 0.395 e. The van der Waals surface area contributed by atoms with Crippen LogP contribution >= 0.6 is 0 Å². The van der Waals surface area contributed by atoms with Crippen LogP contribution in [0.2, 0.25) is 0 Å². The average molecular weight is 210 g/mol. The molecule has 0 aliphatic carbocycles. The molecule has 1 atom stereocenters. The van der Waals surface area contributed by atoms with Gasteiger partial charge in [-0.25, -0.2) is 0 Å². The van der Waals surface area contributed by atoms with Crippen LogP contribution in [0.1, 0.15) is 25.6 Å². The number of nitrogens with zero attached hydrogens (tertiary/aromatic N) is 2. The van der Waals surface area contributed by atoms with Crippen LogP contribution in [0, 0.1) is 0 Å². The quantitative estimate of drug-likeness (QED) is 0.760. The fourth-order valence-electron chi connectivity index (χ4n) is 1.42. The highest BCUT2D eigenvalue weighted by Gasteiger charge is 2.06. The Kier molecular flexibility index (Phi) is 4.52. The summed E-state index contributed by atoms with van der Waals surface area (Å²) in [6.07, 6.45) is 1.19. The van der Waals surface area contributed by atoms with Crippen molar-refractivity contribution >= 4 is 5.69 Å². The third-order valence-corrected chi connectivity index (χ3v) is 2.32. The van der Waals surface area contributed by atoms with Gasteiger partial charge in [-0.1, -0.05) is 0 Å². The Bertz CT molecular complexity index is 285. The highest BCUT2D eigenvalue weighted by Crippen LogP contribution is 2.15. The first-order valence-electron chi connectivity index (χ1n) is 5.18. The summed E-state index contributed by atoms with van der Waals surface area (Å²) in [5.41, 5.74) is 1.63. The summed E-state index contributed by atoms with van der Waals surface area (Å²) in [5.74, 6) is 0. The Labute approximate surface area is 90.2 Å². The number of aliphatic hydroxyl groups is 2. The minimum Gasteiger partial charge on any atom is -0.395 e. The Balaban J connectivity index is 2.77. The number of hydrogen-bond donors (Lipinski definition) is 2. The molecule has 0 amide bonds. The number of pyridine rings is 1. The van der Waals surface area contributed by atoms with E-state index in [0.29, 0.717) is 12.2 Å². The Morgan fingerprint density at radius 2 is 2.20 bits per heavy atom. The fraction of sp³-hybridized carbons (Fsp3) is 0.545. The number of aromatic nitrogens is 1. The van der Waals surface area contributed by atoms with E-state index in [1.165, 1.54) is 0 Å². The van der Waals surface area contributed by atoms with Gasteiger partial charge in [0.15, 0.2) is 0 Å². The van der Waals surface area contributed by atoms with Crippen LogP contribution in [-0.2, 0) is 0 Å². The van der Waals surface area contributed by atoms with Crippen molar-refractivity contribution in [1.29, 1.82) is 0 Å². The van der Waals surface area contributed by atoms with Crippen molar-refractivity contribution in [3.8, 4) is 0 Å². The van der Waals surface area contributed by atoms with E-state index in [9.17, 15) is 5.11 Å². The standard InChI is InChI=1S/C11H18N2O2/c1-3-13(6-7-14)10-4-5-11(9(2)15)12-8-10/h4-5,8-9,14-15H,3,6-7H2,1-2H3/t9-/m1/s1. The van der Waals surface area contributed by atoms with Crippen LogP contribution in [0.5, 0.6) is 0 Å². The van der Waals surface area contributed by atoms with Gasteiger partial charge in [0.2, 0.25) is 0 Å². The van der Waals surface area contributed by atoms with Gasteiger partial charge in [-0.15, -0.1) is 0 Å². The van der Waals surface area contributed by atoms with Gasteiger partial charge in [-0.3, -0.25) is 4.98 Å². The van der Waals surface area contributed by atoms with Gasteiger partial charge in [0.05, 0.1) is 30.3 Å². The molecular formula is C11H18N2O2. The van der Waals surface area contributed by atoms with Gasteiger partial charge >= 0.3 is 0 Å². The number of hydrogen-bond acceptors (Lipinski definition) is 4. The van der Waals surface area contributed by atoms with Crippen LogP contribution < -0.4 is 4.90 Å². The van der Waals surface area contributed by atoms with Crippen molar-refractivity contribution in [2.45, 2.75) is 20.0 Å². The number of anilines is 1. The van der Waals surface area contributed by atoms with Crippen molar-refractivity contribution in [3.63, 3.8) is 0 Å². The monoisotopic (exact) mass is 210 g/mol. The Morgan fingerprint density at radius 1 is 1.47 bits per heavy atom.